The molecule has 6 rings (SSSR count). The number of likely N-dealkylation sites (tertiary alicyclic amines) is 1. The number of rotatable bonds is 7. The van der Waals surface area contributed by atoms with E-state index in [1.54, 1.807) is 18.2 Å². The van der Waals surface area contributed by atoms with E-state index in [9.17, 15) is 19.6 Å². The maximum absolute atomic E-state index is 14.8. The van der Waals surface area contributed by atoms with E-state index in [4.69, 9.17) is 9.47 Å². The summed E-state index contributed by atoms with van der Waals surface area (Å²) in [5, 5.41) is 22.5. The Hall–Kier alpha value is -4.34. The van der Waals surface area contributed by atoms with E-state index < -0.39 is 24.3 Å². The van der Waals surface area contributed by atoms with Crippen molar-refractivity contribution in [2.75, 3.05) is 49.6 Å². The third-order valence-electron chi connectivity index (χ3n) is 8.09. The average Bonchev–Trinajstić information content (AvgIpc) is 3.61. The lowest BCUT2D eigenvalue weighted by atomic mass is 10.0. The minimum Gasteiger partial charge on any atom is -0.486 e. The van der Waals surface area contributed by atoms with Gasteiger partial charge in [-0.15, -0.1) is 0 Å². The molecule has 2 N–H and O–H groups in total. The Morgan fingerprint density at radius 1 is 1.17 bits per heavy atom. The Morgan fingerprint density at radius 2 is 1.93 bits per heavy atom. The van der Waals surface area contributed by atoms with Crippen LogP contribution in [0.3, 0.4) is 0 Å². The number of piperidine rings is 1. The van der Waals surface area contributed by atoms with Crippen molar-refractivity contribution in [1.82, 2.24) is 19.9 Å². The van der Waals surface area contributed by atoms with Crippen LogP contribution in [-0.2, 0) is 9.53 Å². The van der Waals surface area contributed by atoms with Crippen molar-refractivity contribution in [3.8, 4) is 23.2 Å². The predicted molar refractivity (Wildman–Crippen MR) is 152 cm³/mol. The minimum atomic E-state index is -1.46. The fourth-order valence-electron chi connectivity index (χ4n) is 5.78. The SMILES string of the molecule is CC(O)C(=O)N1CC[C@H](Oc2ccc(-c3ncnc(Nc4ccc(N5CC6COCC6C5)cc4)n3)cc2C#N)[C@H](F)C1. The summed E-state index contributed by atoms with van der Waals surface area (Å²) >= 11 is 0. The van der Waals surface area contributed by atoms with Gasteiger partial charge in [-0.2, -0.15) is 10.2 Å². The number of fused-ring (bicyclic) bond motifs is 1. The van der Waals surface area contributed by atoms with Gasteiger partial charge in [0, 0.05) is 54.8 Å². The molecule has 42 heavy (non-hydrogen) atoms. The molecule has 5 atom stereocenters. The van der Waals surface area contributed by atoms with Crippen molar-refractivity contribution in [3.05, 3.63) is 54.4 Å². The fourth-order valence-corrected chi connectivity index (χ4v) is 5.78. The first-order valence-corrected chi connectivity index (χ1v) is 14.1. The molecule has 0 saturated carbocycles. The van der Waals surface area contributed by atoms with E-state index in [0.717, 1.165) is 32.0 Å². The van der Waals surface area contributed by atoms with Gasteiger partial charge in [0.2, 0.25) is 5.95 Å². The van der Waals surface area contributed by atoms with Gasteiger partial charge in [0.15, 0.2) is 12.0 Å². The number of nitrogens with zero attached hydrogens (tertiary/aromatic N) is 6. The fraction of sp³-hybridized carbons (Fsp3) is 0.433. The van der Waals surface area contributed by atoms with Crippen LogP contribution in [0.2, 0.25) is 0 Å². The summed E-state index contributed by atoms with van der Waals surface area (Å²) in [4.78, 5) is 28.7. The summed E-state index contributed by atoms with van der Waals surface area (Å²) in [7, 11) is 0. The molecule has 218 valence electrons. The molecule has 3 aliphatic heterocycles. The van der Waals surface area contributed by atoms with E-state index in [-0.39, 0.29) is 30.8 Å². The zero-order chi connectivity index (χ0) is 29.2. The highest BCUT2D eigenvalue weighted by atomic mass is 19.1. The van der Waals surface area contributed by atoms with Crippen LogP contribution in [0.4, 0.5) is 21.7 Å². The highest BCUT2D eigenvalue weighted by Crippen LogP contribution is 2.33. The van der Waals surface area contributed by atoms with Crippen LogP contribution in [0, 0.1) is 23.2 Å². The van der Waals surface area contributed by atoms with Gasteiger partial charge in [0.1, 0.15) is 30.4 Å². The van der Waals surface area contributed by atoms with Crippen LogP contribution in [0.1, 0.15) is 18.9 Å². The van der Waals surface area contributed by atoms with E-state index >= 15 is 0 Å². The molecule has 3 aliphatic rings. The zero-order valence-electron chi connectivity index (χ0n) is 23.2. The van der Waals surface area contributed by atoms with Crippen LogP contribution >= 0.6 is 0 Å². The van der Waals surface area contributed by atoms with Crippen LogP contribution < -0.4 is 15.0 Å². The summed E-state index contributed by atoms with van der Waals surface area (Å²) < 4.78 is 26.3. The maximum Gasteiger partial charge on any atom is 0.251 e. The smallest absolute Gasteiger partial charge is 0.251 e. The highest BCUT2D eigenvalue weighted by molar-refractivity contribution is 5.80. The van der Waals surface area contributed by atoms with Crippen molar-refractivity contribution in [2.24, 2.45) is 11.8 Å². The van der Waals surface area contributed by atoms with Gasteiger partial charge in [0.25, 0.3) is 5.91 Å². The Kier molecular flexibility index (Phi) is 7.86. The highest BCUT2D eigenvalue weighted by Gasteiger charge is 2.37. The molecule has 0 spiro atoms. The number of nitriles is 1. The predicted octanol–water partition coefficient (Wildman–Crippen LogP) is 2.94. The summed E-state index contributed by atoms with van der Waals surface area (Å²) in [5.74, 6) is 1.68. The second-order valence-electron chi connectivity index (χ2n) is 11.0. The molecule has 3 fully saturated rings. The van der Waals surface area contributed by atoms with E-state index in [0.29, 0.717) is 29.2 Å². The lowest BCUT2D eigenvalue weighted by molar-refractivity contribution is -0.143. The molecule has 0 bridgehead atoms. The van der Waals surface area contributed by atoms with Gasteiger partial charge in [-0.25, -0.2) is 14.4 Å². The van der Waals surface area contributed by atoms with Gasteiger partial charge >= 0.3 is 0 Å². The van der Waals surface area contributed by atoms with Gasteiger partial charge in [-0.1, -0.05) is 0 Å². The lowest BCUT2D eigenvalue weighted by Crippen LogP contribution is -2.51. The Bertz CT molecular complexity index is 1470. The Labute approximate surface area is 242 Å². The summed E-state index contributed by atoms with van der Waals surface area (Å²) in [5.41, 5.74) is 2.81. The molecule has 11 nitrogen and oxygen atoms in total. The molecule has 0 aliphatic carbocycles. The molecule has 0 radical (unpaired) electrons. The number of aliphatic hydroxyl groups is 1. The largest absolute Gasteiger partial charge is 0.486 e. The molecule has 1 amide bonds. The summed E-state index contributed by atoms with van der Waals surface area (Å²) in [6.45, 7) is 5.17. The maximum atomic E-state index is 14.8. The van der Waals surface area contributed by atoms with Crippen molar-refractivity contribution >= 4 is 23.2 Å². The number of hydrogen-bond acceptors (Lipinski definition) is 10. The second-order valence-corrected chi connectivity index (χ2v) is 11.0. The number of alkyl halides is 1. The van der Waals surface area contributed by atoms with Crippen LogP contribution in [0.25, 0.3) is 11.4 Å². The second kappa shape index (κ2) is 11.9. The quantitative estimate of drug-likeness (QED) is 0.434. The third-order valence-corrected chi connectivity index (χ3v) is 8.09. The molecule has 4 heterocycles. The number of carbonyl (C=O) groups is 1. The molecular formula is C30H32FN7O4. The molecule has 12 heteroatoms. The zero-order valence-corrected chi connectivity index (χ0v) is 23.2. The number of carbonyl (C=O) groups excluding carboxylic acids is 1. The lowest BCUT2D eigenvalue weighted by Gasteiger charge is -2.35. The van der Waals surface area contributed by atoms with Gasteiger partial charge < -0.3 is 29.7 Å². The van der Waals surface area contributed by atoms with Crippen molar-refractivity contribution in [2.45, 2.75) is 31.7 Å². The Balaban J connectivity index is 1.10. The first-order valence-electron chi connectivity index (χ1n) is 14.1. The standard InChI is InChI=1S/C30H32FN7O4/c1-18(39)29(40)37-9-8-27(25(31)14-37)42-26-7-2-19(10-20(26)11-32)28-33-17-34-30(36-28)35-23-3-5-24(6-4-23)38-12-21-15-41-16-22(21)13-38/h2-7,10,17-18,21-22,25,27,39H,8-9,12-16H2,1H3,(H,33,34,35,36)/t18?,21?,22?,25-,27+/m1/s1. The number of benzene rings is 2. The van der Waals surface area contributed by atoms with Gasteiger partial charge in [0.05, 0.1) is 25.3 Å². The van der Waals surface area contributed by atoms with Crippen LogP contribution in [0.5, 0.6) is 5.75 Å². The van der Waals surface area contributed by atoms with E-state index in [2.05, 4.69) is 43.4 Å². The first-order chi connectivity index (χ1) is 20.4. The molecule has 3 saturated heterocycles. The molecule has 1 aromatic heterocycles. The normalized spacial score (nSPS) is 24.1. The number of hydrogen-bond donors (Lipinski definition) is 2. The number of amides is 1. The van der Waals surface area contributed by atoms with Crippen LogP contribution in [0.15, 0.2) is 48.8 Å². The van der Waals surface area contributed by atoms with Gasteiger partial charge in [-0.05, 0) is 49.4 Å². The van der Waals surface area contributed by atoms with Crippen LogP contribution in [-0.4, -0.2) is 88.6 Å². The Morgan fingerprint density at radius 3 is 2.62 bits per heavy atom. The van der Waals surface area contributed by atoms with Crippen molar-refractivity contribution in [1.29, 1.82) is 5.26 Å². The number of nitrogens with one attached hydrogen (secondary N) is 1. The van der Waals surface area contributed by atoms with E-state index in [1.807, 2.05) is 12.1 Å². The summed E-state index contributed by atoms with van der Waals surface area (Å²) in [6, 6.07) is 15.2. The minimum absolute atomic E-state index is 0.174. The number of anilines is 3. The van der Waals surface area contributed by atoms with Gasteiger partial charge in [-0.3, -0.25) is 4.79 Å². The molecule has 3 aromatic rings. The monoisotopic (exact) mass is 573 g/mol. The number of aromatic nitrogens is 3. The summed E-state index contributed by atoms with van der Waals surface area (Å²) in [6.07, 6.45) is -1.82. The molecular weight excluding hydrogens is 541 g/mol. The topological polar surface area (TPSA) is 137 Å². The number of ether oxygens (including phenoxy) is 2. The molecule has 3 unspecified atom stereocenters. The van der Waals surface area contributed by atoms with E-state index in [1.165, 1.54) is 23.8 Å². The molecule has 2 aromatic carbocycles. The average molecular weight is 574 g/mol. The van der Waals surface area contributed by atoms with Crippen molar-refractivity contribution in [3.63, 3.8) is 0 Å². The number of aliphatic hydroxyl groups excluding tert-OH is 1. The first kappa shape index (κ1) is 27.8. The third kappa shape index (κ3) is 5.84. The van der Waals surface area contributed by atoms with Crippen molar-refractivity contribution < 1.29 is 23.8 Å². The number of halogens is 1.